The minimum Gasteiger partial charge on any atom is -0.497 e. The second-order valence-electron chi connectivity index (χ2n) is 4.95. The van der Waals surface area contributed by atoms with E-state index in [4.69, 9.17) is 22.8 Å². The van der Waals surface area contributed by atoms with Crippen LogP contribution in [0.5, 0.6) is 5.75 Å². The predicted molar refractivity (Wildman–Crippen MR) is 85.6 cm³/mol. The monoisotopic (exact) mass is 300 g/mol. The number of fused-ring (bicyclic) bond motifs is 1. The fourth-order valence-electron chi connectivity index (χ4n) is 2.41. The molecule has 0 saturated heterocycles. The van der Waals surface area contributed by atoms with E-state index in [9.17, 15) is 0 Å². The number of hydrogen-bond acceptors (Lipinski definition) is 4. The number of rotatable bonds is 3. The van der Waals surface area contributed by atoms with Crippen LogP contribution in [0.15, 0.2) is 36.4 Å². The summed E-state index contributed by atoms with van der Waals surface area (Å²) in [5.41, 5.74) is 1.13. The Hall–Kier alpha value is -2.34. The molecule has 0 aliphatic rings. The van der Waals surface area contributed by atoms with Gasteiger partial charge in [-0.25, -0.2) is 4.68 Å². The summed E-state index contributed by atoms with van der Waals surface area (Å²) in [4.78, 5) is 0. The first-order valence-corrected chi connectivity index (χ1v) is 7.01. The second kappa shape index (κ2) is 5.21. The highest BCUT2D eigenvalue weighted by Gasteiger charge is 2.15. The van der Waals surface area contributed by atoms with E-state index in [1.165, 1.54) is 4.68 Å². The van der Waals surface area contributed by atoms with Crippen LogP contribution in [0.2, 0.25) is 0 Å². The van der Waals surface area contributed by atoms with Gasteiger partial charge in [0.05, 0.1) is 7.11 Å². The third kappa shape index (κ3) is 2.38. The van der Waals surface area contributed by atoms with Gasteiger partial charge >= 0.3 is 0 Å². The maximum atomic E-state index is 5.89. The van der Waals surface area contributed by atoms with E-state index in [0.29, 0.717) is 10.6 Å². The molecule has 21 heavy (non-hydrogen) atoms. The van der Waals surface area contributed by atoms with E-state index in [1.807, 2.05) is 18.2 Å². The van der Waals surface area contributed by atoms with Crippen LogP contribution in [0.3, 0.4) is 0 Å². The van der Waals surface area contributed by atoms with Crippen LogP contribution in [-0.2, 0) is 0 Å². The van der Waals surface area contributed by atoms with Gasteiger partial charge in [0.1, 0.15) is 5.75 Å². The molecule has 0 fully saturated rings. The zero-order valence-electron chi connectivity index (χ0n) is 11.8. The van der Waals surface area contributed by atoms with Gasteiger partial charge in [-0.2, -0.15) is 5.10 Å². The van der Waals surface area contributed by atoms with E-state index < -0.39 is 0 Å². The third-order valence-electron chi connectivity index (χ3n) is 3.69. The first kappa shape index (κ1) is 13.6. The van der Waals surface area contributed by atoms with Gasteiger partial charge in [0, 0.05) is 5.92 Å². The number of nitrogen functional groups attached to an aromatic ring is 1. The van der Waals surface area contributed by atoms with E-state index in [2.05, 4.69) is 35.3 Å². The average Bonchev–Trinajstić information content (AvgIpc) is 2.85. The molecule has 0 aliphatic carbocycles. The first-order chi connectivity index (χ1) is 10.1. The molecular weight excluding hydrogens is 284 g/mol. The lowest BCUT2D eigenvalue weighted by atomic mass is 9.97. The molecule has 6 heteroatoms. The van der Waals surface area contributed by atoms with E-state index in [-0.39, 0.29) is 5.92 Å². The highest BCUT2D eigenvalue weighted by molar-refractivity contribution is 7.71. The van der Waals surface area contributed by atoms with Gasteiger partial charge < -0.3 is 10.6 Å². The molecule has 0 saturated carbocycles. The molecular formula is C15H16N4OS. The maximum absolute atomic E-state index is 5.89. The highest BCUT2D eigenvalue weighted by atomic mass is 32.1. The molecule has 2 aromatic carbocycles. The van der Waals surface area contributed by atoms with Gasteiger partial charge in [0.25, 0.3) is 0 Å². The number of nitrogens with one attached hydrogen (secondary N) is 1. The standard InChI is InChI=1S/C15H16N4OS/c1-9(14-17-18-15(21)19(14)16)10-3-4-12-8-13(20-2)6-5-11(12)7-10/h3-9H,16H2,1-2H3,(H,18,21). The summed E-state index contributed by atoms with van der Waals surface area (Å²) in [6.45, 7) is 2.05. The van der Waals surface area contributed by atoms with Crippen LogP contribution in [0.1, 0.15) is 24.2 Å². The Morgan fingerprint density at radius 3 is 2.62 bits per heavy atom. The molecule has 108 valence electrons. The zero-order valence-corrected chi connectivity index (χ0v) is 12.6. The van der Waals surface area contributed by atoms with Crippen molar-refractivity contribution in [1.82, 2.24) is 14.9 Å². The summed E-state index contributed by atoms with van der Waals surface area (Å²) in [7, 11) is 1.67. The maximum Gasteiger partial charge on any atom is 0.214 e. The van der Waals surface area contributed by atoms with Gasteiger partial charge in [-0.3, -0.25) is 5.10 Å². The van der Waals surface area contributed by atoms with Crippen molar-refractivity contribution >= 4 is 23.0 Å². The Morgan fingerprint density at radius 1 is 1.24 bits per heavy atom. The summed E-state index contributed by atoms with van der Waals surface area (Å²) in [6.07, 6.45) is 0. The average molecular weight is 300 g/mol. The van der Waals surface area contributed by atoms with Gasteiger partial charge in [0.2, 0.25) is 4.77 Å². The minimum absolute atomic E-state index is 0.0504. The number of hydrogen-bond donors (Lipinski definition) is 2. The molecule has 3 rings (SSSR count). The number of aromatic nitrogens is 3. The SMILES string of the molecule is COc1ccc2cc(C(C)c3n[nH]c(=S)n3N)ccc2c1. The van der Waals surface area contributed by atoms with Crippen LogP contribution >= 0.6 is 12.2 Å². The number of benzene rings is 2. The smallest absolute Gasteiger partial charge is 0.214 e. The Bertz CT molecular complexity index is 852. The van der Waals surface area contributed by atoms with Crippen molar-refractivity contribution < 1.29 is 4.74 Å². The summed E-state index contributed by atoms with van der Waals surface area (Å²) < 4.78 is 7.08. The zero-order chi connectivity index (χ0) is 15.0. The molecule has 0 radical (unpaired) electrons. The highest BCUT2D eigenvalue weighted by Crippen LogP contribution is 2.27. The number of nitrogens with two attached hydrogens (primary N) is 1. The van der Waals surface area contributed by atoms with E-state index >= 15 is 0 Å². The van der Waals surface area contributed by atoms with Crippen LogP contribution in [0.4, 0.5) is 0 Å². The van der Waals surface area contributed by atoms with Gasteiger partial charge in [-0.05, 0) is 40.7 Å². The minimum atomic E-state index is 0.0504. The first-order valence-electron chi connectivity index (χ1n) is 6.60. The Morgan fingerprint density at radius 2 is 1.95 bits per heavy atom. The number of nitrogens with zero attached hydrogens (tertiary/aromatic N) is 2. The number of methoxy groups -OCH3 is 1. The predicted octanol–water partition coefficient (Wildman–Crippen LogP) is 2.97. The Balaban J connectivity index is 2.04. The lowest BCUT2D eigenvalue weighted by Gasteiger charge is -2.12. The second-order valence-corrected chi connectivity index (χ2v) is 5.34. The van der Waals surface area contributed by atoms with Crippen molar-refractivity contribution in [2.24, 2.45) is 0 Å². The van der Waals surface area contributed by atoms with Gasteiger partial charge in [-0.1, -0.05) is 31.2 Å². The summed E-state index contributed by atoms with van der Waals surface area (Å²) in [6, 6.07) is 12.3. The van der Waals surface area contributed by atoms with Crippen molar-refractivity contribution in [2.75, 3.05) is 13.0 Å². The van der Waals surface area contributed by atoms with Crippen molar-refractivity contribution in [3.8, 4) is 5.75 Å². The largest absolute Gasteiger partial charge is 0.497 e. The Labute approximate surface area is 127 Å². The molecule has 1 atom stereocenters. The Kier molecular flexibility index (Phi) is 3.39. The summed E-state index contributed by atoms with van der Waals surface area (Å²) in [5, 5.41) is 9.20. The van der Waals surface area contributed by atoms with Crippen LogP contribution in [0, 0.1) is 4.77 Å². The summed E-state index contributed by atoms with van der Waals surface area (Å²) >= 11 is 5.05. The van der Waals surface area contributed by atoms with E-state index in [0.717, 1.165) is 22.1 Å². The van der Waals surface area contributed by atoms with E-state index in [1.54, 1.807) is 7.11 Å². The summed E-state index contributed by atoms with van der Waals surface area (Å²) in [5.74, 6) is 7.51. The molecule has 0 spiro atoms. The van der Waals surface area contributed by atoms with Gasteiger partial charge in [-0.15, -0.1) is 0 Å². The van der Waals surface area contributed by atoms with Gasteiger partial charge in [0.15, 0.2) is 5.82 Å². The molecule has 5 nitrogen and oxygen atoms in total. The lowest BCUT2D eigenvalue weighted by Crippen LogP contribution is -2.15. The lowest BCUT2D eigenvalue weighted by molar-refractivity contribution is 0.415. The number of ether oxygens (including phenoxy) is 1. The van der Waals surface area contributed by atoms with Crippen molar-refractivity contribution in [3.05, 3.63) is 52.6 Å². The number of H-pyrrole nitrogens is 1. The van der Waals surface area contributed by atoms with Crippen molar-refractivity contribution in [3.63, 3.8) is 0 Å². The normalized spacial score (nSPS) is 12.5. The molecule has 3 N–H and O–H groups in total. The van der Waals surface area contributed by atoms with Crippen molar-refractivity contribution in [2.45, 2.75) is 12.8 Å². The number of aromatic amines is 1. The molecule has 0 bridgehead atoms. The molecule has 1 aromatic heterocycles. The quantitative estimate of drug-likeness (QED) is 0.576. The molecule has 1 heterocycles. The molecule has 1 unspecified atom stereocenters. The topological polar surface area (TPSA) is 68.9 Å². The van der Waals surface area contributed by atoms with Crippen molar-refractivity contribution in [1.29, 1.82) is 0 Å². The fourth-order valence-corrected chi connectivity index (χ4v) is 2.55. The molecule has 0 aliphatic heterocycles. The van der Waals surface area contributed by atoms with Crippen LogP contribution in [0.25, 0.3) is 10.8 Å². The third-order valence-corrected chi connectivity index (χ3v) is 3.98. The van der Waals surface area contributed by atoms with Crippen LogP contribution < -0.4 is 10.6 Å². The van der Waals surface area contributed by atoms with Crippen LogP contribution in [-0.4, -0.2) is 22.0 Å². The molecule has 0 amide bonds. The molecule has 3 aromatic rings. The fraction of sp³-hybridized carbons (Fsp3) is 0.200.